The zero-order valence-corrected chi connectivity index (χ0v) is 27.2. The van der Waals surface area contributed by atoms with Gasteiger partial charge >= 0.3 is 0 Å². The molecule has 236 valence electrons. The lowest BCUT2D eigenvalue weighted by molar-refractivity contribution is -0.0394. The number of aromatic nitrogens is 2. The summed E-state index contributed by atoms with van der Waals surface area (Å²) >= 11 is 6.68. The van der Waals surface area contributed by atoms with Crippen LogP contribution in [-0.4, -0.2) is 45.6 Å². The summed E-state index contributed by atoms with van der Waals surface area (Å²) in [6.45, 7) is 11.9. The standard InChI is InChI=1S/C33H44ClN7O3/c1-7-23(3)24(8-2)21-41(36)16-9-17-43-31-25(20-35)18-27(19-30(31)34)33(4,5)26-10-12-29(13-11-26)44-22-28-14-15-37-32(38-28)39-40(6)42/h10-15,18-19,21,23,42H,7-9,16-17,22,36H2,1-6H3,(H,37,38,39)/b24-21-. The third-order valence-corrected chi connectivity index (χ3v) is 7.90. The monoisotopic (exact) mass is 621 g/mol. The first-order chi connectivity index (χ1) is 21.0. The van der Waals surface area contributed by atoms with Crippen LogP contribution in [0.5, 0.6) is 11.5 Å². The van der Waals surface area contributed by atoms with Crippen LogP contribution < -0.4 is 20.7 Å². The molecule has 0 aliphatic rings. The maximum Gasteiger partial charge on any atom is 0.239 e. The Morgan fingerprint density at radius 2 is 1.91 bits per heavy atom. The van der Waals surface area contributed by atoms with E-state index in [0.29, 0.717) is 53.3 Å². The Kier molecular flexibility index (Phi) is 12.8. The fourth-order valence-corrected chi connectivity index (χ4v) is 4.95. The zero-order chi connectivity index (χ0) is 32.3. The van der Waals surface area contributed by atoms with E-state index < -0.39 is 5.41 Å². The predicted octanol–water partition coefficient (Wildman–Crippen LogP) is 6.84. The number of hydrazine groups is 2. The van der Waals surface area contributed by atoms with E-state index in [-0.39, 0.29) is 12.6 Å². The van der Waals surface area contributed by atoms with Gasteiger partial charge < -0.3 is 14.5 Å². The lowest BCUT2D eigenvalue weighted by atomic mass is 9.77. The molecule has 3 rings (SSSR count). The minimum atomic E-state index is -0.450. The van der Waals surface area contributed by atoms with Crippen molar-refractivity contribution in [2.75, 3.05) is 25.6 Å². The van der Waals surface area contributed by atoms with E-state index in [2.05, 4.69) is 56.1 Å². The molecular formula is C33H44ClN7O3. The summed E-state index contributed by atoms with van der Waals surface area (Å²) in [5.74, 6) is 8.02. The molecule has 0 fully saturated rings. The minimum Gasteiger partial charge on any atom is -0.491 e. The number of rotatable bonds is 16. The lowest BCUT2D eigenvalue weighted by Gasteiger charge is -2.27. The molecule has 11 heteroatoms. The highest BCUT2D eigenvalue weighted by molar-refractivity contribution is 6.32. The summed E-state index contributed by atoms with van der Waals surface area (Å²) in [6, 6.07) is 15.5. The lowest BCUT2D eigenvalue weighted by Crippen LogP contribution is -2.28. The molecule has 1 atom stereocenters. The van der Waals surface area contributed by atoms with Gasteiger partial charge in [0.05, 0.1) is 22.9 Å². The molecule has 4 N–H and O–H groups in total. The van der Waals surface area contributed by atoms with Gasteiger partial charge in [0.1, 0.15) is 18.4 Å². The molecule has 0 aliphatic heterocycles. The van der Waals surface area contributed by atoms with Crippen molar-refractivity contribution >= 4 is 17.5 Å². The van der Waals surface area contributed by atoms with E-state index in [0.717, 1.165) is 29.1 Å². The number of hydrogen-bond acceptors (Lipinski definition) is 10. The van der Waals surface area contributed by atoms with Gasteiger partial charge in [0.2, 0.25) is 5.95 Å². The molecule has 10 nitrogen and oxygen atoms in total. The second-order valence-corrected chi connectivity index (χ2v) is 11.6. The highest BCUT2D eigenvalue weighted by Crippen LogP contribution is 2.38. The quantitative estimate of drug-likeness (QED) is 0.0887. The summed E-state index contributed by atoms with van der Waals surface area (Å²) in [6.07, 6.45) is 6.34. The van der Waals surface area contributed by atoms with Crippen LogP contribution in [0.4, 0.5) is 5.95 Å². The Hall–Kier alpha value is -3.88. The number of benzene rings is 2. The largest absolute Gasteiger partial charge is 0.491 e. The van der Waals surface area contributed by atoms with Gasteiger partial charge in [-0.3, -0.25) is 10.6 Å². The van der Waals surface area contributed by atoms with Gasteiger partial charge in [0.15, 0.2) is 5.75 Å². The van der Waals surface area contributed by atoms with Gasteiger partial charge in [-0.05, 0) is 60.2 Å². The van der Waals surface area contributed by atoms with Gasteiger partial charge in [-0.2, -0.15) is 5.26 Å². The van der Waals surface area contributed by atoms with Gasteiger partial charge in [-0.25, -0.2) is 15.8 Å². The summed E-state index contributed by atoms with van der Waals surface area (Å²) in [7, 11) is 1.43. The smallest absolute Gasteiger partial charge is 0.239 e. The molecule has 44 heavy (non-hydrogen) atoms. The van der Waals surface area contributed by atoms with Crippen molar-refractivity contribution in [1.82, 2.24) is 20.1 Å². The molecule has 1 unspecified atom stereocenters. The Bertz CT molecular complexity index is 1440. The van der Waals surface area contributed by atoms with E-state index in [1.165, 1.54) is 12.6 Å². The minimum absolute atomic E-state index is 0.232. The highest BCUT2D eigenvalue weighted by Gasteiger charge is 2.26. The molecule has 2 aromatic carbocycles. The van der Waals surface area contributed by atoms with Crippen LogP contribution in [0, 0.1) is 17.2 Å². The Balaban J connectivity index is 1.64. The number of halogens is 1. The molecule has 3 aromatic rings. The molecule has 0 radical (unpaired) electrons. The maximum absolute atomic E-state index is 9.93. The molecule has 0 spiro atoms. The van der Waals surface area contributed by atoms with Crippen molar-refractivity contribution in [2.24, 2.45) is 11.8 Å². The fraction of sp³-hybridized carbons (Fsp3) is 0.424. The average Bonchev–Trinajstić information content (AvgIpc) is 3.00. The fourth-order valence-electron chi connectivity index (χ4n) is 4.68. The molecular weight excluding hydrogens is 578 g/mol. The van der Waals surface area contributed by atoms with Crippen molar-refractivity contribution in [3.8, 4) is 17.6 Å². The van der Waals surface area contributed by atoms with Gasteiger partial charge in [0.25, 0.3) is 0 Å². The molecule has 1 heterocycles. The first-order valence-corrected chi connectivity index (χ1v) is 15.2. The highest BCUT2D eigenvalue weighted by atomic mass is 35.5. The first-order valence-electron chi connectivity index (χ1n) is 14.8. The number of hydroxylamine groups is 1. The number of nitriles is 1. The van der Waals surface area contributed by atoms with Crippen LogP contribution in [0.2, 0.25) is 5.02 Å². The second-order valence-electron chi connectivity index (χ2n) is 11.2. The third-order valence-electron chi connectivity index (χ3n) is 7.62. The Morgan fingerprint density at radius 3 is 2.55 bits per heavy atom. The van der Waals surface area contributed by atoms with Crippen molar-refractivity contribution < 1.29 is 14.7 Å². The number of nitrogens with zero attached hydrogens (tertiary/aromatic N) is 5. The van der Waals surface area contributed by atoms with Crippen molar-refractivity contribution in [2.45, 2.75) is 65.9 Å². The van der Waals surface area contributed by atoms with Crippen LogP contribution in [0.1, 0.15) is 76.3 Å². The van der Waals surface area contributed by atoms with Crippen LogP contribution in [-0.2, 0) is 12.0 Å². The third kappa shape index (κ3) is 9.56. The summed E-state index contributed by atoms with van der Waals surface area (Å²) in [4.78, 5) is 8.35. The zero-order valence-electron chi connectivity index (χ0n) is 26.5. The van der Waals surface area contributed by atoms with Crippen LogP contribution in [0.25, 0.3) is 0 Å². The average molecular weight is 622 g/mol. The van der Waals surface area contributed by atoms with Crippen LogP contribution in [0.15, 0.2) is 60.4 Å². The summed E-state index contributed by atoms with van der Waals surface area (Å²) in [5, 5.41) is 22.1. The molecule has 0 aliphatic carbocycles. The van der Waals surface area contributed by atoms with Crippen molar-refractivity contribution in [3.63, 3.8) is 0 Å². The Labute approximate surface area is 266 Å². The normalized spacial score (nSPS) is 12.5. The summed E-state index contributed by atoms with van der Waals surface area (Å²) < 4.78 is 11.9. The van der Waals surface area contributed by atoms with Crippen LogP contribution in [0.3, 0.4) is 0 Å². The molecule has 1 aromatic heterocycles. The second kappa shape index (κ2) is 16.3. The topological polar surface area (TPSA) is 133 Å². The summed E-state index contributed by atoms with van der Waals surface area (Å²) in [5.41, 5.74) is 6.43. The number of anilines is 1. The van der Waals surface area contributed by atoms with E-state index in [4.69, 9.17) is 26.9 Å². The number of hydrogen-bond donors (Lipinski definition) is 3. The first kappa shape index (κ1) is 34.6. The van der Waals surface area contributed by atoms with Crippen molar-refractivity contribution in [1.29, 1.82) is 5.26 Å². The van der Waals surface area contributed by atoms with Gasteiger partial charge in [-0.1, -0.05) is 63.9 Å². The van der Waals surface area contributed by atoms with E-state index in [9.17, 15) is 10.5 Å². The van der Waals surface area contributed by atoms with E-state index >= 15 is 0 Å². The number of nitrogens with two attached hydrogens (primary N) is 1. The van der Waals surface area contributed by atoms with E-state index in [1.807, 2.05) is 42.6 Å². The SMILES string of the molecule is CC/C(=C/N(N)CCCOc1c(Cl)cc(C(C)(C)c2ccc(OCc3ccnc(NN(C)O)n3)cc2)cc1C#N)C(C)CC. The number of ether oxygens (including phenoxy) is 2. The maximum atomic E-state index is 9.93. The Morgan fingerprint density at radius 1 is 1.18 bits per heavy atom. The van der Waals surface area contributed by atoms with Gasteiger partial charge in [0, 0.05) is 37.8 Å². The van der Waals surface area contributed by atoms with Crippen molar-refractivity contribution in [3.05, 3.63) is 87.8 Å². The van der Waals surface area contributed by atoms with Crippen LogP contribution >= 0.6 is 11.6 Å². The predicted molar refractivity (Wildman–Crippen MR) is 173 cm³/mol. The molecule has 0 bridgehead atoms. The number of allylic oxidation sites excluding steroid dienone is 1. The molecule has 0 saturated carbocycles. The molecule has 0 amide bonds. The molecule has 0 saturated heterocycles. The van der Waals surface area contributed by atoms with Gasteiger partial charge in [-0.15, -0.1) is 5.17 Å². The van der Waals surface area contributed by atoms with E-state index in [1.54, 1.807) is 17.3 Å². The number of nitrogens with one attached hydrogen (secondary N) is 1.